The number of likely N-dealkylation sites (tertiary alicyclic amines) is 1. The van der Waals surface area contributed by atoms with Crippen molar-refractivity contribution < 1.29 is 9.59 Å². The number of hydrogen-bond acceptors (Lipinski definition) is 4. The van der Waals surface area contributed by atoms with Crippen LogP contribution in [-0.2, 0) is 16.1 Å². The lowest BCUT2D eigenvalue weighted by molar-refractivity contribution is -0.129. The maximum Gasteiger partial charge on any atom is 0.274 e. The van der Waals surface area contributed by atoms with Gasteiger partial charge in [-0.3, -0.25) is 14.4 Å². The van der Waals surface area contributed by atoms with Gasteiger partial charge in [-0.1, -0.05) is 18.2 Å². The molecule has 0 unspecified atom stereocenters. The molecule has 4 rings (SSSR count). The van der Waals surface area contributed by atoms with Gasteiger partial charge >= 0.3 is 0 Å². The van der Waals surface area contributed by atoms with Crippen LogP contribution in [0, 0.1) is 5.92 Å². The Balaban J connectivity index is 1.35. The topological polar surface area (TPSA) is 84.3 Å². The molecule has 0 bridgehead atoms. The average Bonchev–Trinajstić information content (AvgIpc) is 3.39. The molecule has 7 nitrogen and oxygen atoms in total. The van der Waals surface area contributed by atoms with Crippen molar-refractivity contribution >= 4 is 22.6 Å². The summed E-state index contributed by atoms with van der Waals surface area (Å²) in [5, 5.41) is 8.40. The summed E-state index contributed by atoms with van der Waals surface area (Å²) in [6.45, 7) is 1.14. The smallest absolute Gasteiger partial charge is 0.274 e. The summed E-state index contributed by atoms with van der Waals surface area (Å²) in [5.74, 6) is -0.324. The molecule has 1 atom stereocenters. The van der Waals surface area contributed by atoms with E-state index >= 15 is 0 Å². The molecular formula is C18H20N4O3. The van der Waals surface area contributed by atoms with Gasteiger partial charge in [0.1, 0.15) is 0 Å². The Kier molecular flexibility index (Phi) is 3.99. The molecule has 0 spiro atoms. The van der Waals surface area contributed by atoms with Gasteiger partial charge in [-0.05, 0) is 18.9 Å². The number of rotatable bonds is 5. The Bertz CT molecular complexity index is 887. The molecule has 2 heterocycles. The normalized spacial score (nSPS) is 20.2. The SMILES string of the molecule is O=C(NCCn1ncc2ccccc2c1=O)[C@@H]1CC(=O)N(C2CC2)C1. The Labute approximate surface area is 144 Å². The predicted octanol–water partition coefficient (Wildman–Crippen LogP) is 0.524. The number of carbonyl (C=O) groups is 2. The molecule has 1 aromatic carbocycles. The molecular weight excluding hydrogens is 320 g/mol. The highest BCUT2D eigenvalue weighted by molar-refractivity contribution is 5.89. The molecule has 2 amide bonds. The Hall–Kier alpha value is -2.70. The number of aromatic nitrogens is 2. The first-order chi connectivity index (χ1) is 12.1. The van der Waals surface area contributed by atoms with Crippen LogP contribution >= 0.6 is 0 Å². The van der Waals surface area contributed by atoms with Gasteiger partial charge in [0.25, 0.3) is 5.56 Å². The fourth-order valence-electron chi connectivity index (χ4n) is 3.36. The van der Waals surface area contributed by atoms with E-state index in [4.69, 9.17) is 0 Å². The summed E-state index contributed by atoms with van der Waals surface area (Å²) < 4.78 is 1.36. The second-order valence-electron chi connectivity index (χ2n) is 6.73. The maximum atomic E-state index is 12.4. The van der Waals surface area contributed by atoms with E-state index in [1.165, 1.54) is 4.68 Å². The van der Waals surface area contributed by atoms with Crippen LogP contribution in [0.5, 0.6) is 0 Å². The van der Waals surface area contributed by atoms with Crippen molar-refractivity contribution in [2.75, 3.05) is 13.1 Å². The van der Waals surface area contributed by atoms with Crippen LogP contribution < -0.4 is 10.9 Å². The van der Waals surface area contributed by atoms with E-state index in [9.17, 15) is 14.4 Å². The Morgan fingerprint density at radius 3 is 2.84 bits per heavy atom. The summed E-state index contributed by atoms with van der Waals surface area (Å²) in [7, 11) is 0. The first kappa shape index (κ1) is 15.8. The van der Waals surface area contributed by atoms with Crippen LogP contribution in [-0.4, -0.2) is 45.6 Å². The second-order valence-corrected chi connectivity index (χ2v) is 6.73. The van der Waals surface area contributed by atoms with Gasteiger partial charge in [0.2, 0.25) is 11.8 Å². The first-order valence-corrected chi connectivity index (χ1v) is 8.65. The molecule has 25 heavy (non-hydrogen) atoms. The van der Waals surface area contributed by atoms with Crippen molar-refractivity contribution in [1.29, 1.82) is 0 Å². The third kappa shape index (κ3) is 3.14. The summed E-state index contributed by atoms with van der Waals surface area (Å²) in [6.07, 6.45) is 4.05. The van der Waals surface area contributed by atoms with Gasteiger partial charge in [0.05, 0.1) is 24.0 Å². The van der Waals surface area contributed by atoms with Crippen LogP contribution in [0.1, 0.15) is 19.3 Å². The third-order valence-corrected chi connectivity index (χ3v) is 4.90. The summed E-state index contributed by atoms with van der Waals surface area (Å²) in [4.78, 5) is 38.4. The molecule has 1 aliphatic carbocycles. The lowest BCUT2D eigenvalue weighted by atomic mass is 10.1. The number of benzene rings is 1. The van der Waals surface area contributed by atoms with Crippen molar-refractivity contribution in [3.63, 3.8) is 0 Å². The zero-order valence-corrected chi connectivity index (χ0v) is 13.9. The average molecular weight is 340 g/mol. The maximum absolute atomic E-state index is 12.4. The molecule has 1 aromatic heterocycles. The van der Waals surface area contributed by atoms with Gasteiger partial charge in [0.15, 0.2) is 0 Å². The largest absolute Gasteiger partial charge is 0.354 e. The van der Waals surface area contributed by atoms with Gasteiger partial charge in [0, 0.05) is 30.9 Å². The van der Waals surface area contributed by atoms with E-state index in [0.717, 1.165) is 18.2 Å². The van der Waals surface area contributed by atoms with E-state index in [1.54, 1.807) is 12.3 Å². The molecule has 2 aromatic rings. The van der Waals surface area contributed by atoms with E-state index in [2.05, 4.69) is 10.4 Å². The molecule has 2 fully saturated rings. The minimum absolute atomic E-state index is 0.0788. The van der Waals surface area contributed by atoms with E-state index < -0.39 is 0 Å². The number of hydrogen-bond donors (Lipinski definition) is 1. The van der Waals surface area contributed by atoms with Crippen molar-refractivity contribution in [3.8, 4) is 0 Å². The van der Waals surface area contributed by atoms with Crippen molar-refractivity contribution in [3.05, 3.63) is 40.8 Å². The van der Waals surface area contributed by atoms with Gasteiger partial charge in [-0.2, -0.15) is 5.10 Å². The first-order valence-electron chi connectivity index (χ1n) is 8.65. The molecule has 0 radical (unpaired) electrons. The molecule has 2 aliphatic rings. The number of amides is 2. The van der Waals surface area contributed by atoms with E-state index in [-0.39, 0.29) is 29.7 Å². The van der Waals surface area contributed by atoms with E-state index in [0.29, 0.717) is 31.1 Å². The van der Waals surface area contributed by atoms with Gasteiger partial charge in [-0.25, -0.2) is 4.68 Å². The van der Waals surface area contributed by atoms with Crippen LogP contribution in [0.3, 0.4) is 0 Å². The third-order valence-electron chi connectivity index (χ3n) is 4.90. The summed E-state index contributed by atoms with van der Waals surface area (Å²) >= 11 is 0. The van der Waals surface area contributed by atoms with Crippen molar-refractivity contribution in [1.82, 2.24) is 20.0 Å². The minimum Gasteiger partial charge on any atom is -0.354 e. The van der Waals surface area contributed by atoms with Crippen LogP contribution in [0.15, 0.2) is 35.3 Å². The molecule has 130 valence electrons. The number of fused-ring (bicyclic) bond motifs is 1. The molecule has 1 saturated heterocycles. The van der Waals surface area contributed by atoms with Crippen LogP contribution in [0.4, 0.5) is 0 Å². The van der Waals surface area contributed by atoms with E-state index in [1.807, 2.05) is 23.1 Å². The highest BCUT2D eigenvalue weighted by Gasteiger charge is 2.41. The number of nitrogens with zero attached hydrogens (tertiary/aromatic N) is 3. The fourth-order valence-corrected chi connectivity index (χ4v) is 3.36. The second kappa shape index (κ2) is 6.31. The van der Waals surface area contributed by atoms with Gasteiger partial charge < -0.3 is 10.2 Å². The standard InChI is InChI=1S/C18H20N4O3/c23-16-9-13(11-21(16)14-5-6-14)17(24)19-7-8-22-18(25)15-4-2-1-3-12(15)10-20-22/h1-4,10,13-14H,5-9,11H2,(H,19,24)/t13-/m1/s1. The van der Waals surface area contributed by atoms with Crippen LogP contribution in [0.2, 0.25) is 0 Å². The van der Waals surface area contributed by atoms with Crippen molar-refractivity contribution in [2.24, 2.45) is 5.92 Å². The predicted molar refractivity (Wildman–Crippen MR) is 91.9 cm³/mol. The quantitative estimate of drug-likeness (QED) is 0.860. The lowest BCUT2D eigenvalue weighted by Gasteiger charge is -2.15. The summed E-state index contributed by atoms with van der Waals surface area (Å²) in [5.41, 5.74) is -0.164. The number of nitrogens with one attached hydrogen (secondary N) is 1. The van der Waals surface area contributed by atoms with Gasteiger partial charge in [-0.15, -0.1) is 0 Å². The monoisotopic (exact) mass is 340 g/mol. The Morgan fingerprint density at radius 2 is 2.04 bits per heavy atom. The molecule has 1 N–H and O–H groups in total. The summed E-state index contributed by atoms with van der Waals surface area (Å²) in [6, 6.07) is 7.65. The minimum atomic E-state index is -0.283. The molecule has 7 heteroatoms. The van der Waals surface area contributed by atoms with Crippen molar-refractivity contribution in [2.45, 2.75) is 31.8 Å². The Morgan fingerprint density at radius 1 is 1.24 bits per heavy atom. The highest BCUT2D eigenvalue weighted by atomic mass is 16.2. The highest BCUT2D eigenvalue weighted by Crippen LogP contribution is 2.32. The molecule has 1 aliphatic heterocycles. The zero-order valence-electron chi connectivity index (χ0n) is 13.9. The van der Waals surface area contributed by atoms with Crippen LogP contribution in [0.25, 0.3) is 10.8 Å². The molecule has 1 saturated carbocycles. The fraction of sp³-hybridized carbons (Fsp3) is 0.444. The number of carbonyl (C=O) groups excluding carboxylic acids is 2. The zero-order chi connectivity index (χ0) is 17.4. The lowest BCUT2D eigenvalue weighted by Crippen LogP contribution is -2.36.